The van der Waals surface area contributed by atoms with Crippen molar-refractivity contribution < 1.29 is 8.42 Å². The monoisotopic (exact) mass is 256 g/mol. The van der Waals surface area contributed by atoms with Crippen molar-refractivity contribution in [3.05, 3.63) is 35.2 Å². The molecule has 2 rings (SSSR count). The van der Waals surface area contributed by atoms with Crippen LogP contribution >= 0.6 is 11.3 Å². The van der Waals surface area contributed by atoms with Gasteiger partial charge in [0.1, 0.15) is 0 Å². The minimum absolute atomic E-state index is 0.308. The average molecular weight is 256 g/mol. The topological polar surface area (TPSA) is 63.4 Å². The van der Waals surface area contributed by atoms with Crippen LogP contribution in [0.2, 0.25) is 0 Å². The Bertz CT molecular complexity index is 604. The number of hydrogen-bond acceptors (Lipinski definition) is 3. The molecule has 0 saturated carbocycles. The van der Waals surface area contributed by atoms with Crippen LogP contribution < -0.4 is 5.14 Å². The first-order chi connectivity index (χ1) is 7.48. The smallest absolute Gasteiger partial charge is 0.216 e. The van der Waals surface area contributed by atoms with Crippen molar-refractivity contribution in [3.8, 4) is 0 Å². The molecule has 86 valence electrons. The van der Waals surface area contributed by atoms with E-state index in [9.17, 15) is 8.42 Å². The Kier molecular flexibility index (Phi) is 2.98. The number of thiophene rings is 1. The summed E-state index contributed by atoms with van der Waals surface area (Å²) in [4.78, 5) is 0. The number of fused-ring (bicyclic) bond motifs is 1. The second kappa shape index (κ2) is 4.14. The predicted molar refractivity (Wildman–Crippen MR) is 66.4 cm³/mol. The molecule has 0 aliphatic rings. The van der Waals surface area contributed by atoms with Crippen LogP contribution in [0.3, 0.4) is 0 Å². The van der Waals surface area contributed by atoms with E-state index in [0.29, 0.717) is 6.54 Å². The highest BCUT2D eigenvalue weighted by Crippen LogP contribution is 2.26. The van der Waals surface area contributed by atoms with Gasteiger partial charge in [-0.1, -0.05) is 18.2 Å². The van der Waals surface area contributed by atoms with E-state index in [1.54, 1.807) is 11.3 Å². The molecule has 0 saturated heterocycles. The molecule has 0 unspecified atom stereocenters. The van der Waals surface area contributed by atoms with Gasteiger partial charge in [-0.05, 0) is 22.4 Å². The van der Waals surface area contributed by atoms with E-state index >= 15 is 0 Å². The summed E-state index contributed by atoms with van der Waals surface area (Å²) < 4.78 is 24.5. The Morgan fingerprint density at radius 1 is 1.38 bits per heavy atom. The van der Waals surface area contributed by atoms with Crippen LogP contribution in [0.25, 0.3) is 10.1 Å². The van der Waals surface area contributed by atoms with Gasteiger partial charge >= 0.3 is 0 Å². The zero-order valence-electron chi connectivity index (χ0n) is 8.75. The van der Waals surface area contributed by atoms with Crippen LogP contribution in [0, 0.1) is 0 Å². The van der Waals surface area contributed by atoms with E-state index in [2.05, 4.69) is 0 Å². The molecule has 0 aliphatic heterocycles. The Morgan fingerprint density at radius 3 is 2.75 bits per heavy atom. The third-order valence-electron chi connectivity index (χ3n) is 2.39. The van der Waals surface area contributed by atoms with Gasteiger partial charge in [-0.25, -0.2) is 5.14 Å². The Morgan fingerprint density at radius 2 is 2.06 bits per heavy atom. The summed E-state index contributed by atoms with van der Waals surface area (Å²) in [5.74, 6) is 0. The molecule has 6 heteroatoms. The van der Waals surface area contributed by atoms with Crippen molar-refractivity contribution in [2.45, 2.75) is 6.54 Å². The highest BCUT2D eigenvalue weighted by molar-refractivity contribution is 7.86. The SMILES string of the molecule is CN(Cc1csc2ccccc12)S(N)(=O)=O. The molecule has 0 aliphatic carbocycles. The summed E-state index contributed by atoms with van der Waals surface area (Å²) in [6.45, 7) is 0.308. The molecule has 0 bridgehead atoms. The molecule has 1 aromatic heterocycles. The van der Waals surface area contributed by atoms with Gasteiger partial charge < -0.3 is 0 Å². The van der Waals surface area contributed by atoms with Crippen molar-refractivity contribution in [3.63, 3.8) is 0 Å². The minimum Gasteiger partial charge on any atom is -0.216 e. The molecule has 1 aromatic carbocycles. The van der Waals surface area contributed by atoms with Crippen LogP contribution in [-0.4, -0.2) is 19.8 Å². The normalized spacial score (nSPS) is 12.4. The highest BCUT2D eigenvalue weighted by Gasteiger charge is 2.14. The van der Waals surface area contributed by atoms with E-state index in [1.807, 2.05) is 29.6 Å². The maximum atomic E-state index is 11.1. The molecule has 2 aromatic rings. The van der Waals surface area contributed by atoms with E-state index in [1.165, 1.54) is 7.05 Å². The maximum absolute atomic E-state index is 11.1. The van der Waals surface area contributed by atoms with Gasteiger partial charge in [0.05, 0.1) is 0 Å². The van der Waals surface area contributed by atoms with Gasteiger partial charge in [-0.3, -0.25) is 0 Å². The molecule has 4 nitrogen and oxygen atoms in total. The molecule has 0 atom stereocenters. The van der Waals surface area contributed by atoms with Gasteiger partial charge in [-0.2, -0.15) is 12.7 Å². The summed E-state index contributed by atoms with van der Waals surface area (Å²) in [6.07, 6.45) is 0. The first-order valence-electron chi connectivity index (χ1n) is 4.67. The van der Waals surface area contributed by atoms with Gasteiger partial charge in [-0.15, -0.1) is 11.3 Å². The van der Waals surface area contributed by atoms with Crippen LogP contribution in [-0.2, 0) is 16.8 Å². The summed E-state index contributed by atoms with van der Waals surface area (Å²) >= 11 is 1.60. The lowest BCUT2D eigenvalue weighted by molar-refractivity contribution is 0.469. The van der Waals surface area contributed by atoms with Crippen molar-refractivity contribution in [1.82, 2.24) is 4.31 Å². The van der Waals surface area contributed by atoms with Crippen LogP contribution in [0.4, 0.5) is 0 Å². The first-order valence-corrected chi connectivity index (χ1v) is 7.06. The maximum Gasteiger partial charge on any atom is 0.276 e. The average Bonchev–Trinajstić information content (AvgIpc) is 2.61. The fourth-order valence-corrected chi connectivity index (χ4v) is 2.76. The van der Waals surface area contributed by atoms with E-state index in [4.69, 9.17) is 5.14 Å². The Balaban J connectivity index is 2.35. The lowest BCUT2D eigenvalue weighted by Crippen LogP contribution is -2.32. The van der Waals surface area contributed by atoms with Gasteiger partial charge in [0.2, 0.25) is 0 Å². The molecule has 1 heterocycles. The number of nitrogens with two attached hydrogens (primary N) is 1. The number of nitrogens with zero attached hydrogens (tertiary/aromatic N) is 1. The molecule has 0 radical (unpaired) electrons. The van der Waals surface area contributed by atoms with Gasteiger partial charge in [0.25, 0.3) is 10.2 Å². The molecule has 0 spiro atoms. The largest absolute Gasteiger partial charge is 0.276 e. The highest BCUT2D eigenvalue weighted by atomic mass is 32.2. The molecular weight excluding hydrogens is 244 g/mol. The van der Waals surface area contributed by atoms with Crippen molar-refractivity contribution >= 4 is 31.6 Å². The summed E-state index contributed by atoms with van der Waals surface area (Å²) in [5, 5.41) is 8.09. The molecule has 16 heavy (non-hydrogen) atoms. The summed E-state index contributed by atoms with van der Waals surface area (Å²) in [7, 11) is -2.14. The molecular formula is C10H12N2O2S2. The zero-order chi connectivity index (χ0) is 11.8. The molecule has 2 N–H and O–H groups in total. The fraction of sp³-hybridized carbons (Fsp3) is 0.200. The standard InChI is InChI=1S/C10H12N2O2S2/c1-12(16(11,13)14)6-8-7-15-10-5-3-2-4-9(8)10/h2-5,7H,6H2,1H3,(H2,11,13,14). The number of hydrogen-bond donors (Lipinski definition) is 1. The Labute approximate surface area is 98.5 Å². The first kappa shape index (κ1) is 11.5. The molecule has 0 amide bonds. The van der Waals surface area contributed by atoms with E-state index in [-0.39, 0.29) is 0 Å². The van der Waals surface area contributed by atoms with Gasteiger partial charge in [0, 0.05) is 18.3 Å². The third kappa shape index (κ3) is 2.25. The molecule has 0 fully saturated rings. The van der Waals surface area contributed by atoms with Crippen molar-refractivity contribution in [2.75, 3.05) is 7.05 Å². The van der Waals surface area contributed by atoms with Gasteiger partial charge in [0.15, 0.2) is 0 Å². The minimum atomic E-state index is -3.61. The van der Waals surface area contributed by atoms with Crippen molar-refractivity contribution in [2.24, 2.45) is 5.14 Å². The summed E-state index contributed by atoms with van der Waals surface area (Å²) in [5.41, 5.74) is 0.983. The fourth-order valence-electron chi connectivity index (χ4n) is 1.49. The lowest BCUT2D eigenvalue weighted by atomic mass is 10.2. The van der Waals surface area contributed by atoms with Crippen LogP contribution in [0.15, 0.2) is 29.6 Å². The second-order valence-electron chi connectivity index (χ2n) is 3.56. The third-order valence-corrected chi connectivity index (χ3v) is 4.40. The van der Waals surface area contributed by atoms with E-state index in [0.717, 1.165) is 20.0 Å². The zero-order valence-corrected chi connectivity index (χ0v) is 10.4. The van der Waals surface area contributed by atoms with Crippen LogP contribution in [0.5, 0.6) is 0 Å². The summed E-state index contributed by atoms with van der Waals surface area (Å²) in [6, 6.07) is 7.90. The number of benzene rings is 1. The van der Waals surface area contributed by atoms with E-state index < -0.39 is 10.2 Å². The second-order valence-corrected chi connectivity index (χ2v) is 6.12. The lowest BCUT2D eigenvalue weighted by Gasteiger charge is -2.12. The Hall–Kier alpha value is -0.950. The van der Waals surface area contributed by atoms with Crippen molar-refractivity contribution in [1.29, 1.82) is 0 Å². The van der Waals surface area contributed by atoms with Crippen LogP contribution in [0.1, 0.15) is 5.56 Å². The quantitative estimate of drug-likeness (QED) is 0.905. The predicted octanol–water partition coefficient (Wildman–Crippen LogP) is 1.54. The number of rotatable bonds is 3.